The number of methoxy groups -OCH3 is 1. The van der Waals surface area contributed by atoms with Crippen molar-refractivity contribution in [1.82, 2.24) is 5.32 Å². The molecule has 1 aromatic rings. The quantitative estimate of drug-likeness (QED) is 0.848. The number of hydrogen-bond donors (Lipinski definition) is 2. The molecule has 0 aliphatic heterocycles. The number of carbonyl (C=O) groups is 1. The van der Waals surface area contributed by atoms with E-state index in [0.717, 1.165) is 30.6 Å². The van der Waals surface area contributed by atoms with E-state index in [9.17, 15) is 4.79 Å². The van der Waals surface area contributed by atoms with Crippen LogP contribution in [-0.4, -0.2) is 19.6 Å². The smallest absolute Gasteiger partial charge is 0.223 e. The molecule has 0 radical (unpaired) electrons. The molecule has 1 saturated carbocycles. The van der Waals surface area contributed by atoms with Gasteiger partial charge in [-0.25, -0.2) is 0 Å². The van der Waals surface area contributed by atoms with Gasteiger partial charge in [-0.3, -0.25) is 4.79 Å². The Morgan fingerprint density at radius 1 is 1.37 bits per heavy atom. The Morgan fingerprint density at radius 3 is 2.74 bits per heavy atom. The molecule has 0 aromatic heterocycles. The average Bonchev–Trinajstić information content (AvgIpc) is 2.93. The zero-order chi connectivity index (χ0) is 13.7. The first kappa shape index (κ1) is 13.9. The Balaban J connectivity index is 1.85. The predicted molar refractivity (Wildman–Crippen MR) is 74.7 cm³/mol. The van der Waals surface area contributed by atoms with Gasteiger partial charge < -0.3 is 15.8 Å². The molecule has 0 saturated heterocycles. The summed E-state index contributed by atoms with van der Waals surface area (Å²) in [5.41, 5.74) is 6.79. The topological polar surface area (TPSA) is 64.3 Å². The summed E-state index contributed by atoms with van der Waals surface area (Å²) >= 11 is 0. The fraction of sp³-hybridized carbons (Fsp3) is 0.533. The minimum absolute atomic E-state index is 0.100. The van der Waals surface area contributed by atoms with Crippen molar-refractivity contribution in [3.05, 3.63) is 29.8 Å². The third-order valence-electron chi connectivity index (χ3n) is 3.92. The van der Waals surface area contributed by atoms with Crippen LogP contribution in [0.4, 0.5) is 0 Å². The fourth-order valence-corrected chi connectivity index (χ4v) is 2.73. The summed E-state index contributed by atoms with van der Waals surface area (Å²) in [6.07, 6.45) is 3.16. The molecule has 1 fully saturated rings. The molecule has 4 heteroatoms. The first-order valence-corrected chi connectivity index (χ1v) is 6.85. The van der Waals surface area contributed by atoms with Gasteiger partial charge in [-0.05, 0) is 43.0 Å². The van der Waals surface area contributed by atoms with Crippen LogP contribution in [0.2, 0.25) is 0 Å². The summed E-state index contributed by atoms with van der Waals surface area (Å²) in [5.74, 6) is 1.43. The zero-order valence-electron chi connectivity index (χ0n) is 11.4. The monoisotopic (exact) mass is 262 g/mol. The highest BCUT2D eigenvalue weighted by atomic mass is 16.5. The third-order valence-corrected chi connectivity index (χ3v) is 3.92. The van der Waals surface area contributed by atoms with Crippen molar-refractivity contribution in [2.45, 2.75) is 25.8 Å². The lowest BCUT2D eigenvalue weighted by molar-refractivity contribution is -0.126. The van der Waals surface area contributed by atoms with Gasteiger partial charge in [-0.15, -0.1) is 0 Å². The second-order valence-electron chi connectivity index (χ2n) is 5.10. The first-order chi connectivity index (χ1) is 9.24. The molecule has 104 valence electrons. The maximum atomic E-state index is 12.1. The highest BCUT2D eigenvalue weighted by Gasteiger charge is 2.31. The summed E-state index contributed by atoms with van der Waals surface area (Å²) in [5, 5.41) is 3.01. The summed E-state index contributed by atoms with van der Waals surface area (Å²) in [4.78, 5) is 12.1. The van der Waals surface area contributed by atoms with E-state index < -0.39 is 0 Å². The SMILES string of the molecule is COc1ccc(CNC(=O)C2CCCC2CN)cc1. The molecule has 4 nitrogen and oxygen atoms in total. The summed E-state index contributed by atoms with van der Waals surface area (Å²) in [6.45, 7) is 1.18. The molecule has 3 N–H and O–H groups in total. The molecule has 2 rings (SSSR count). The van der Waals surface area contributed by atoms with Crippen LogP contribution in [0.3, 0.4) is 0 Å². The van der Waals surface area contributed by atoms with E-state index in [4.69, 9.17) is 10.5 Å². The van der Waals surface area contributed by atoms with Crippen LogP contribution in [0.1, 0.15) is 24.8 Å². The molecule has 1 aliphatic carbocycles. The van der Waals surface area contributed by atoms with Crippen LogP contribution in [0, 0.1) is 11.8 Å². The minimum atomic E-state index is 0.100. The van der Waals surface area contributed by atoms with Crippen molar-refractivity contribution in [2.75, 3.05) is 13.7 Å². The van der Waals surface area contributed by atoms with Crippen molar-refractivity contribution in [3.63, 3.8) is 0 Å². The van der Waals surface area contributed by atoms with Gasteiger partial charge in [0.15, 0.2) is 0 Å². The van der Waals surface area contributed by atoms with Crippen LogP contribution in [0.25, 0.3) is 0 Å². The molecular formula is C15H22N2O2. The van der Waals surface area contributed by atoms with Gasteiger partial charge in [0.25, 0.3) is 0 Å². The van der Waals surface area contributed by atoms with E-state index in [1.807, 2.05) is 24.3 Å². The number of amides is 1. The number of hydrogen-bond acceptors (Lipinski definition) is 3. The van der Waals surface area contributed by atoms with Gasteiger partial charge in [-0.1, -0.05) is 18.6 Å². The molecule has 2 atom stereocenters. The highest BCUT2D eigenvalue weighted by Crippen LogP contribution is 2.30. The summed E-state index contributed by atoms with van der Waals surface area (Å²) in [6, 6.07) is 7.74. The molecule has 2 unspecified atom stereocenters. The number of ether oxygens (including phenoxy) is 1. The highest BCUT2D eigenvalue weighted by molar-refractivity contribution is 5.79. The van der Waals surface area contributed by atoms with Crippen molar-refractivity contribution < 1.29 is 9.53 Å². The van der Waals surface area contributed by atoms with Crippen molar-refractivity contribution in [1.29, 1.82) is 0 Å². The number of carbonyl (C=O) groups excluding carboxylic acids is 1. The van der Waals surface area contributed by atoms with E-state index in [1.165, 1.54) is 0 Å². The number of rotatable bonds is 5. The number of benzene rings is 1. The maximum absolute atomic E-state index is 12.1. The Labute approximate surface area is 114 Å². The summed E-state index contributed by atoms with van der Waals surface area (Å²) in [7, 11) is 1.64. The first-order valence-electron chi connectivity index (χ1n) is 6.85. The molecular weight excluding hydrogens is 240 g/mol. The Hall–Kier alpha value is -1.55. The van der Waals surface area contributed by atoms with E-state index in [1.54, 1.807) is 7.11 Å². The second kappa shape index (κ2) is 6.57. The van der Waals surface area contributed by atoms with E-state index >= 15 is 0 Å². The van der Waals surface area contributed by atoms with Crippen molar-refractivity contribution >= 4 is 5.91 Å². The Kier molecular flexibility index (Phi) is 4.80. The standard InChI is InChI=1S/C15H22N2O2/c1-19-13-7-5-11(6-8-13)10-17-15(18)14-4-2-3-12(14)9-16/h5-8,12,14H,2-4,9-10,16H2,1H3,(H,17,18). The van der Waals surface area contributed by atoms with Gasteiger partial charge in [0.2, 0.25) is 5.91 Å². The van der Waals surface area contributed by atoms with Gasteiger partial charge in [-0.2, -0.15) is 0 Å². The van der Waals surface area contributed by atoms with Crippen LogP contribution >= 0.6 is 0 Å². The molecule has 19 heavy (non-hydrogen) atoms. The Bertz CT molecular complexity index is 417. The van der Waals surface area contributed by atoms with Crippen molar-refractivity contribution in [2.24, 2.45) is 17.6 Å². The van der Waals surface area contributed by atoms with Gasteiger partial charge in [0, 0.05) is 12.5 Å². The fourth-order valence-electron chi connectivity index (χ4n) is 2.73. The average molecular weight is 262 g/mol. The van der Waals surface area contributed by atoms with Crippen molar-refractivity contribution in [3.8, 4) is 5.75 Å². The summed E-state index contributed by atoms with van der Waals surface area (Å²) < 4.78 is 5.10. The molecule has 0 spiro atoms. The van der Waals surface area contributed by atoms with Gasteiger partial charge >= 0.3 is 0 Å². The van der Waals surface area contributed by atoms with Crippen LogP contribution in [0.15, 0.2) is 24.3 Å². The Morgan fingerprint density at radius 2 is 2.11 bits per heavy atom. The maximum Gasteiger partial charge on any atom is 0.223 e. The van der Waals surface area contributed by atoms with Crippen LogP contribution < -0.4 is 15.8 Å². The molecule has 0 bridgehead atoms. The molecule has 1 amide bonds. The van der Waals surface area contributed by atoms with E-state index in [-0.39, 0.29) is 11.8 Å². The number of nitrogens with one attached hydrogen (secondary N) is 1. The molecule has 0 heterocycles. The van der Waals surface area contributed by atoms with E-state index in [0.29, 0.717) is 19.0 Å². The lowest BCUT2D eigenvalue weighted by Gasteiger charge is -2.17. The van der Waals surface area contributed by atoms with Gasteiger partial charge in [0.05, 0.1) is 7.11 Å². The second-order valence-corrected chi connectivity index (χ2v) is 5.10. The molecule has 1 aromatic carbocycles. The van der Waals surface area contributed by atoms with Crippen LogP contribution in [-0.2, 0) is 11.3 Å². The minimum Gasteiger partial charge on any atom is -0.497 e. The number of nitrogens with two attached hydrogens (primary N) is 1. The largest absolute Gasteiger partial charge is 0.497 e. The van der Waals surface area contributed by atoms with Crippen LogP contribution in [0.5, 0.6) is 5.75 Å². The molecule has 1 aliphatic rings. The normalized spacial score (nSPS) is 22.2. The lowest BCUT2D eigenvalue weighted by Crippen LogP contribution is -2.34. The van der Waals surface area contributed by atoms with Gasteiger partial charge in [0.1, 0.15) is 5.75 Å². The predicted octanol–water partition coefficient (Wildman–Crippen LogP) is 1.69. The van der Waals surface area contributed by atoms with E-state index in [2.05, 4.69) is 5.32 Å². The zero-order valence-corrected chi connectivity index (χ0v) is 11.4. The third kappa shape index (κ3) is 3.47. The lowest BCUT2D eigenvalue weighted by atomic mass is 9.95.